The largest absolute Gasteiger partial charge is 0.309 e. The molecule has 2 heterocycles. The highest BCUT2D eigenvalue weighted by Crippen LogP contribution is 2.36. The monoisotopic (exact) mass is 415 g/mol. The third kappa shape index (κ3) is 3.44. The SMILES string of the molecule is C=N/C=C(\c1ccccc1C)C1C(=O)Nc2nc(-c3ccccc3Cl)ccc2C1=O. The minimum absolute atomic E-state index is 0.231. The van der Waals surface area contributed by atoms with Crippen molar-refractivity contribution in [2.75, 3.05) is 5.32 Å². The number of hydrogen-bond donors (Lipinski definition) is 1. The molecule has 1 atom stereocenters. The molecule has 0 spiro atoms. The second kappa shape index (κ2) is 8.05. The van der Waals surface area contributed by atoms with Crippen LogP contribution in [-0.2, 0) is 4.79 Å². The van der Waals surface area contributed by atoms with E-state index in [-0.39, 0.29) is 11.6 Å². The van der Waals surface area contributed by atoms with E-state index in [1.54, 1.807) is 18.2 Å². The van der Waals surface area contributed by atoms with Gasteiger partial charge in [0.05, 0.1) is 11.3 Å². The number of rotatable bonds is 4. The average molecular weight is 416 g/mol. The summed E-state index contributed by atoms with van der Waals surface area (Å²) in [5.74, 6) is -1.58. The van der Waals surface area contributed by atoms with Crippen molar-refractivity contribution >= 4 is 41.4 Å². The molecule has 30 heavy (non-hydrogen) atoms. The van der Waals surface area contributed by atoms with Gasteiger partial charge in [0.1, 0.15) is 11.7 Å². The Hall–Kier alpha value is -3.57. The summed E-state index contributed by atoms with van der Waals surface area (Å²) in [6.45, 7) is 5.42. The molecule has 0 radical (unpaired) electrons. The summed E-state index contributed by atoms with van der Waals surface area (Å²) in [7, 11) is 0. The van der Waals surface area contributed by atoms with E-state index in [4.69, 9.17) is 11.6 Å². The molecule has 1 aliphatic rings. The number of aliphatic imine (C=N–C) groups is 1. The van der Waals surface area contributed by atoms with Gasteiger partial charge in [0, 0.05) is 16.8 Å². The molecule has 1 aliphatic heterocycles. The van der Waals surface area contributed by atoms with E-state index < -0.39 is 11.8 Å². The molecule has 1 aromatic heterocycles. The van der Waals surface area contributed by atoms with Gasteiger partial charge in [0.15, 0.2) is 5.78 Å². The van der Waals surface area contributed by atoms with Crippen molar-refractivity contribution < 1.29 is 9.59 Å². The molecule has 0 saturated carbocycles. The lowest BCUT2D eigenvalue weighted by molar-refractivity contribution is -0.117. The van der Waals surface area contributed by atoms with Crippen LogP contribution in [0.3, 0.4) is 0 Å². The second-order valence-electron chi connectivity index (χ2n) is 6.94. The minimum Gasteiger partial charge on any atom is -0.309 e. The van der Waals surface area contributed by atoms with E-state index in [1.165, 1.54) is 6.20 Å². The Morgan fingerprint density at radius 2 is 1.80 bits per heavy atom. The quantitative estimate of drug-likeness (QED) is 0.470. The molecule has 1 unspecified atom stereocenters. The summed E-state index contributed by atoms with van der Waals surface area (Å²) in [4.78, 5) is 34.6. The number of fused-ring (bicyclic) bond motifs is 1. The lowest BCUT2D eigenvalue weighted by Gasteiger charge is -2.25. The van der Waals surface area contributed by atoms with Gasteiger partial charge in [0.25, 0.3) is 0 Å². The van der Waals surface area contributed by atoms with Crippen molar-refractivity contribution in [1.82, 2.24) is 4.98 Å². The first-order chi connectivity index (χ1) is 14.5. The predicted molar refractivity (Wildman–Crippen MR) is 120 cm³/mol. The topological polar surface area (TPSA) is 71.4 Å². The van der Waals surface area contributed by atoms with Crippen molar-refractivity contribution in [2.24, 2.45) is 10.9 Å². The zero-order chi connectivity index (χ0) is 21.3. The first kappa shape index (κ1) is 19.7. The summed E-state index contributed by atoms with van der Waals surface area (Å²) in [5, 5.41) is 3.32. The van der Waals surface area contributed by atoms with Crippen LogP contribution in [0, 0.1) is 12.8 Å². The summed E-state index contributed by atoms with van der Waals surface area (Å²) >= 11 is 6.26. The molecule has 0 saturated heterocycles. The van der Waals surface area contributed by atoms with Crippen LogP contribution in [0.1, 0.15) is 21.5 Å². The lowest BCUT2D eigenvalue weighted by atomic mass is 9.82. The van der Waals surface area contributed by atoms with Crippen LogP contribution in [0.4, 0.5) is 5.82 Å². The van der Waals surface area contributed by atoms with E-state index in [9.17, 15) is 9.59 Å². The van der Waals surface area contributed by atoms with Gasteiger partial charge < -0.3 is 5.32 Å². The Morgan fingerprint density at radius 1 is 1.07 bits per heavy atom. The number of pyridine rings is 1. The van der Waals surface area contributed by atoms with E-state index in [1.807, 2.05) is 49.4 Å². The number of amides is 1. The van der Waals surface area contributed by atoms with Crippen molar-refractivity contribution in [3.05, 3.63) is 88.6 Å². The molecule has 0 bridgehead atoms. The number of nitrogens with zero attached hydrogens (tertiary/aromatic N) is 2. The van der Waals surface area contributed by atoms with Crippen LogP contribution in [0.5, 0.6) is 0 Å². The Bertz CT molecular complexity index is 1220. The van der Waals surface area contributed by atoms with Crippen LogP contribution in [0.25, 0.3) is 16.8 Å². The normalized spacial score (nSPS) is 16.1. The molecule has 1 N–H and O–H groups in total. The number of nitrogens with one attached hydrogen (secondary N) is 1. The fourth-order valence-corrected chi connectivity index (χ4v) is 3.85. The van der Waals surface area contributed by atoms with Crippen LogP contribution < -0.4 is 5.32 Å². The molecule has 5 nitrogen and oxygen atoms in total. The van der Waals surface area contributed by atoms with E-state index in [2.05, 4.69) is 22.0 Å². The highest BCUT2D eigenvalue weighted by atomic mass is 35.5. The van der Waals surface area contributed by atoms with Gasteiger partial charge in [-0.05, 0) is 48.5 Å². The maximum Gasteiger partial charge on any atom is 0.241 e. The first-order valence-electron chi connectivity index (χ1n) is 9.34. The minimum atomic E-state index is -1.03. The third-order valence-corrected chi connectivity index (χ3v) is 5.40. The van der Waals surface area contributed by atoms with Crippen LogP contribution in [0.15, 0.2) is 71.9 Å². The number of Topliss-reactive ketones (excluding diaryl/α,β-unsaturated/α-hetero) is 1. The lowest BCUT2D eigenvalue weighted by Crippen LogP contribution is -2.36. The fraction of sp³-hybridized carbons (Fsp3) is 0.0833. The summed E-state index contributed by atoms with van der Waals surface area (Å²) < 4.78 is 0. The maximum absolute atomic E-state index is 13.3. The molecule has 148 valence electrons. The zero-order valence-electron chi connectivity index (χ0n) is 16.2. The molecule has 0 fully saturated rings. The Labute approximate surface area is 179 Å². The van der Waals surface area contributed by atoms with Crippen molar-refractivity contribution in [3.63, 3.8) is 0 Å². The van der Waals surface area contributed by atoms with Crippen molar-refractivity contribution in [2.45, 2.75) is 6.92 Å². The highest BCUT2D eigenvalue weighted by Gasteiger charge is 2.38. The Balaban J connectivity index is 1.78. The number of anilines is 1. The van der Waals surface area contributed by atoms with Crippen LogP contribution in [0.2, 0.25) is 5.02 Å². The van der Waals surface area contributed by atoms with Gasteiger partial charge in [-0.25, -0.2) is 4.98 Å². The predicted octanol–water partition coefficient (Wildman–Crippen LogP) is 5.20. The molecule has 4 rings (SSSR count). The number of aromatic nitrogens is 1. The van der Waals surface area contributed by atoms with E-state index >= 15 is 0 Å². The summed E-state index contributed by atoms with van der Waals surface area (Å²) in [5.41, 5.74) is 3.87. The number of carbonyl (C=O) groups excluding carboxylic acids is 2. The first-order valence-corrected chi connectivity index (χ1v) is 9.72. The number of carbonyl (C=O) groups is 2. The van der Waals surface area contributed by atoms with Gasteiger partial charge in [-0.15, -0.1) is 0 Å². The third-order valence-electron chi connectivity index (χ3n) is 5.07. The Morgan fingerprint density at radius 3 is 2.53 bits per heavy atom. The number of benzene rings is 2. The van der Waals surface area contributed by atoms with Gasteiger partial charge in [-0.1, -0.05) is 54.1 Å². The Kier molecular flexibility index (Phi) is 5.29. The molecule has 3 aromatic rings. The molecular formula is C24H18ClN3O2. The zero-order valence-corrected chi connectivity index (χ0v) is 17.0. The molecular weight excluding hydrogens is 398 g/mol. The standard InChI is InChI=1S/C24H18ClN3O2/c1-14-7-3-4-8-15(14)18(13-26-2)21-22(29)17-11-12-20(27-23(17)28-24(21)30)16-9-5-6-10-19(16)25/h3-13,21H,2H2,1H3,(H,27,28,30)/b18-13+. The average Bonchev–Trinajstić information content (AvgIpc) is 2.73. The van der Waals surface area contributed by atoms with Crippen LogP contribution >= 0.6 is 11.6 Å². The van der Waals surface area contributed by atoms with Gasteiger partial charge in [0.2, 0.25) is 5.91 Å². The molecule has 2 aromatic carbocycles. The summed E-state index contributed by atoms with van der Waals surface area (Å²) in [6.07, 6.45) is 1.47. The van der Waals surface area contributed by atoms with Gasteiger partial charge in [-0.3, -0.25) is 14.6 Å². The number of ketones is 1. The number of aryl methyl sites for hydroxylation is 1. The van der Waals surface area contributed by atoms with Crippen molar-refractivity contribution in [1.29, 1.82) is 0 Å². The smallest absolute Gasteiger partial charge is 0.241 e. The molecule has 1 amide bonds. The van der Waals surface area contributed by atoms with Crippen LogP contribution in [-0.4, -0.2) is 23.4 Å². The van der Waals surface area contributed by atoms with E-state index in [0.717, 1.165) is 16.7 Å². The maximum atomic E-state index is 13.3. The molecule has 6 heteroatoms. The number of halogens is 1. The van der Waals surface area contributed by atoms with Crippen molar-refractivity contribution in [3.8, 4) is 11.3 Å². The summed E-state index contributed by atoms with van der Waals surface area (Å²) in [6, 6.07) is 18.2. The molecule has 0 aliphatic carbocycles. The highest BCUT2D eigenvalue weighted by molar-refractivity contribution is 6.33. The van der Waals surface area contributed by atoms with E-state index in [0.29, 0.717) is 21.9 Å². The number of hydrogen-bond acceptors (Lipinski definition) is 4. The van der Waals surface area contributed by atoms with Gasteiger partial charge in [-0.2, -0.15) is 0 Å². The fourth-order valence-electron chi connectivity index (χ4n) is 3.61. The second-order valence-corrected chi connectivity index (χ2v) is 7.35. The van der Waals surface area contributed by atoms with Gasteiger partial charge >= 0.3 is 0 Å².